The molecule has 0 aliphatic rings. The molecule has 16 heavy (non-hydrogen) atoms. The van der Waals surface area contributed by atoms with Crippen LogP contribution in [0.3, 0.4) is 0 Å². The summed E-state index contributed by atoms with van der Waals surface area (Å²) in [6, 6.07) is 0. The van der Waals surface area contributed by atoms with Gasteiger partial charge in [-0.15, -0.1) is 6.58 Å². The first-order chi connectivity index (χ1) is 7.43. The van der Waals surface area contributed by atoms with Crippen LogP contribution in [0.4, 0.5) is 0 Å². The van der Waals surface area contributed by atoms with E-state index >= 15 is 0 Å². The van der Waals surface area contributed by atoms with Crippen molar-refractivity contribution in [1.82, 2.24) is 0 Å². The van der Waals surface area contributed by atoms with E-state index in [0.29, 0.717) is 12.2 Å². The van der Waals surface area contributed by atoms with Gasteiger partial charge in [0.05, 0.1) is 6.61 Å². The van der Waals surface area contributed by atoms with E-state index in [4.69, 9.17) is 9.47 Å². The molecular weight excluding hydrogens is 204 g/mol. The summed E-state index contributed by atoms with van der Waals surface area (Å²) >= 11 is 0. The second-order valence-electron chi connectivity index (χ2n) is 4.38. The van der Waals surface area contributed by atoms with E-state index < -0.39 is 0 Å². The van der Waals surface area contributed by atoms with E-state index in [1.165, 1.54) is 0 Å². The predicted molar refractivity (Wildman–Crippen MR) is 64.9 cm³/mol. The Morgan fingerprint density at radius 3 is 2.56 bits per heavy atom. The van der Waals surface area contributed by atoms with Crippen molar-refractivity contribution in [3.63, 3.8) is 0 Å². The topological polar surface area (TPSA) is 35.5 Å². The highest BCUT2D eigenvalue weighted by Crippen LogP contribution is 2.23. The summed E-state index contributed by atoms with van der Waals surface area (Å²) in [5.74, 6) is -0.328. The highest BCUT2D eigenvalue weighted by Gasteiger charge is 2.15. The van der Waals surface area contributed by atoms with Gasteiger partial charge in [-0.3, -0.25) is 0 Å². The molecule has 0 aromatic carbocycles. The molecule has 0 saturated carbocycles. The van der Waals surface area contributed by atoms with Crippen LogP contribution in [0.5, 0.6) is 0 Å². The lowest BCUT2D eigenvalue weighted by atomic mass is 9.88. The standard InChI is InChI=1S/C13H22O3/c1-6-8-15-10-16-12(14)11(3)9-13(4,5)7-2/h6,9H,1,7-8,10H2,2-5H3. The molecule has 0 saturated heterocycles. The minimum atomic E-state index is -0.328. The molecule has 0 aliphatic carbocycles. The van der Waals surface area contributed by atoms with Crippen molar-refractivity contribution in [2.24, 2.45) is 5.41 Å². The van der Waals surface area contributed by atoms with Crippen LogP contribution in [0.15, 0.2) is 24.3 Å². The maximum atomic E-state index is 11.5. The smallest absolute Gasteiger partial charge is 0.335 e. The van der Waals surface area contributed by atoms with Crippen molar-refractivity contribution in [1.29, 1.82) is 0 Å². The lowest BCUT2D eigenvalue weighted by Gasteiger charge is -2.18. The second kappa shape index (κ2) is 7.23. The zero-order valence-corrected chi connectivity index (χ0v) is 10.7. The van der Waals surface area contributed by atoms with Crippen molar-refractivity contribution in [3.05, 3.63) is 24.3 Å². The summed E-state index contributed by atoms with van der Waals surface area (Å²) in [4.78, 5) is 11.5. The largest absolute Gasteiger partial charge is 0.435 e. The zero-order valence-electron chi connectivity index (χ0n) is 10.7. The number of ether oxygens (including phenoxy) is 2. The number of rotatable bonds is 7. The van der Waals surface area contributed by atoms with Crippen LogP contribution in [0.25, 0.3) is 0 Å². The molecule has 3 nitrogen and oxygen atoms in total. The average Bonchev–Trinajstić information content (AvgIpc) is 2.23. The Kier molecular flexibility index (Phi) is 6.74. The first kappa shape index (κ1) is 14.9. The van der Waals surface area contributed by atoms with E-state index in [9.17, 15) is 4.79 Å². The Labute approximate surface area is 98.1 Å². The maximum absolute atomic E-state index is 11.5. The first-order valence-electron chi connectivity index (χ1n) is 5.48. The molecule has 0 spiro atoms. The van der Waals surface area contributed by atoms with Crippen molar-refractivity contribution < 1.29 is 14.3 Å². The van der Waals surface area contributed by atoms with Crippen LogP contribution in [0.2, 0.25) is 0 Å². The van der Waals surface area contributed by atoms with Gasteiger partial charge >= 0.3 is 5.97 Å². The molecule has 0 bridgehead atoms. The summed E-state index contributed by atoms with van der Waals surface area (Å²) in [7, 11) is 0. The Hall–Kier alpha value is -1.09. The number of esters is 1. The molecule has 0 radical (unpaired) electrons. The quantitative estimate of drug-likeness (QED) is 0.220. The lowest BCUT2D eigenvalue weighted by molar-refractivity contribution is -0.150. The van der Waals surface area contributed by atoms with Gasteiger partial charge in [-0.2, -0.15) is 0 Å². The summed E-state index contributed by atoms with van der Waals surface area (Å²) in [5, 5.41) is 0. The first-order valence-corrected chi connectivity index (χ1v) is 5.48. The number of carbonyl (C=O) groups is 1. The molecule has 0 aromatic heterocycles. The SMILES string of the molecule is C=CCOCOC(=O)C(C)=CC(C)(C)CC. The van der Waals surface area contributed by atoms with Crippen LogP contribution < -0.4 is 0 Å². The van der Waals surface area contributed by atoms with Gasteiger partial charge < -0.3 is 9.47 Å². The van der Waals surface area contributed by atoms with E-state index in [0.717, 1.165) is 6.42 Å². The minimum Gasteiger partial charge on any atom is -0.435 e. The summed E-state index contributed by atoms with van der Waals surface area (Å²) in [5.41, 5.74) is 0.638. The van der Waals surface area contributed by atoms with E-state index in [1.807, 2.05) is 6.08 Å². The summed E-state index contributed by atoms with van der Waals surface area (Å²) in [6.45, 7) is 11.9. The van der Waals surface area contributed by atoms with Crippen LogP contribution in [-0.2, 0) is 14.3 Å². The number of hydrogen-bond donors (Lipinski definition) is 0. The fourth-order valence-electron chi connectivity index (χ4n) is 1.09. The predicted octanol–water partition coefficient (Wildman–Crippen LogP) is 3.07. The van der Waals surface area contributed by atoms with Gasteiger partial charge in [0.2, 0.25) is 0 Å². The molecule has 0 aromatic rings. The van der Waals surface area contributed by atoms with Crippen LogP contribution in [-0.4, -0.2) is 19.4 Å². The van der Waals surface area contributed by atoms with Gasteiger partial charge in [0, 0.05) is 5.57 Å². The molecule has 0 unspecified atom stereocenters. The van der Waals surface area contributed by atoms with Crippen molar-refractivity contribution >= 4 is 5.97 Å². The van der Waals surface area contributed by atoms with Crippen LogP contribution in [0, 0.1) is 5.41 Å². The average molecular weight is 226 g/mol. The summed E-state index contributed by atoms with van der Waals surface area (Å²) < 4.78 is 9.89. The Morgan fingerprint density at radius 2 is 2.06 bits per heavy atom. The number of carbonyl (C=O) groups excluding carboxylic acids is 1. The third kappa shape index (κ3) is 6.40. The Balaban J connectivity index is 4.13. The van der Waals surface area contributed by atoms with Crippen LogP contribution in [0.1, 0.15) is 34.1 Å². The van der Waals surface area contributed by atoms with Crippen LogP contribution >= 0.6 is 0 Å². The van der Waals surface area contributed by atoms with Gasteiger partial charge in [0.15, 0.2) is 6.79 Å². The minimum absolute atomic E-state index is 0.0189. The van der Waals surface area contributed by atoms with Crippen molar-refractivity contribution in [2.75, 3.05) is 13.4 Å². The Bertz CT molecular complexity index is 264. The van der Waals surface area contributed by atoms with Gasteiger partial charge in [0.1, 0.15) is 0 Å². The zero-order chi connectivity index (χ0) is 12.6. The maximum Gasteiger partial charge on any atom is 0.335 e. The van der Waals surface area contributed by atoms with E-state index in [-0.39, 0.29) is 18.2 Å². The van der Waals surface area contributed by atoms with E-state index in [2.05, 4.69) is 27.4 Å². The normalized spacial score (nSPS) is 12.4. The van der Waals surface area contributed by atoms with Gasteiger partial charge in [0.25, 0.3) is 0 Å². The summed E-state index contributed by atoms with van der Waals surface area (Å²) in [6.07, 6.45) is 4.52. The van der Waals surface area contributed by atoms with Crippen molar-refractivity contribution in [3.8, 4) is 0 Å². The third-order valence-corrected chi connectivity index (χ3v) is 2.35. The fourth-order valence-corrected chi connectivity index (χ4v) is 1.09. The molecule has 0 aliphatic heterocycles. The van der Waals surface area contributed by atoms with Gasteiger partial charge in [-0.05, 0) is 18.8 Å². The molecule has 0 heterocycles. The number of allylic oxidation sites excluding steroid dienone is 1. The second-order valence-corrected chi connectivity index (χ2v) is 4.38. The molecule has 0 N–H and O–H groups in total. The third-order valence-electron chi connectivity index (χ3n) is 2.35. The molecule has 0 rings (SSSR count). The lowest BCUT2D eigenvalue weighted by Crippen LogP contribution is -2.13. The molecule has 0 fully saturated rings. The highest BCUT2D eigenvalue weighted by atomic mass is 16.7. The molecule has 3 heteroatoms. The Morgan fingerprint density at radius 1 is 1.44 bits per heavy atom. The molecule has 0 atom stereocenters. The van der Waals surface area contributed by atoms with Gasteiger partial charge in [-0.25, -0.2) is 4.79 Å². The van der Waals surface area contributed by atoms with Crippen molar-refractivity contribution in [2.45, 2.75) is 34.1 Å². The molecular formula is C13H22O3. The van der Waals surface area contributed by atoms with Gasteiger partial charge in [-0.1, -0.05) is 32.9 Å². The highest BCUT2D eigenvalue weighted by molar-refractivity contribution is 5.87. The molecule has 92 valence electrons. The van der Waals surface area contributed by atoms with E-state index in [1.54, 1.807) is 13.0 Å². The fraction of sp³-hybridized carbons (Fsp3) is 0.615. The number of hydrogen-bond acceptors (Lipinski definition) is 3. The molecule has 0 amide bonds. The monoisotopic (exact) mass is 226 g/mol.